The molecule has 6 heteroatoms. The highest BCUT2D eigenvalue weighted by molar-refractivity contribution is 5.80. The predicted octanol–water partition coefficient (Wildman–Crippen LogP) is 2.51. The zero-order valence-electron chi connectivity index (χ0n) is 10.9. The van der Waals surface area contributed by atoms with Gasteiger partial charge in [-0.2, -0.15) is 5.10 Å². The number of H-pyrrole nitrogens is 1. The summed E-state index contributed by atoms with van der Waals surface area (Å²) in [7, 11) is 0. The van der Waals surface area contributed by atoms with Gasteiger partial charge in [-0.25, -0.2) is 9.37 Å². The molecule has 0 fully saturated rings. The number of hydrazone groups is 1. The average Bonchev–Trinajstić information content (AvgIpc) is 2.49. The van der Waals surface area contributed by atoms with Crippen LogP contribution in [0.1, 0.15) is 5.56 Å². The average molecular weight is 282 g/mol. The molecule has 5 nitrogen and oxygen atoms in total. The van der Waals surface area contributed by atoms with E-state index in [9.17, 15) is 9.18 Å². The Morgan fingerprint density at radius 1 is 1.14 bits per heavy atom. The Morgan fingerprint density at radius 2 is 1.90 bits per heavy atom. The summed E-state index contributed by atoms with van der Waals surface area (Å²) in [4.78, 5) is 18.7. The molecule has 1 aromatic heterocycles. The minimum atomic E-state index is -0.389. The summed E-state index contributed by atoms with van der Waals surface area (Å²) in [6.45, 7) is 0. The topological polar surface area (TPSA) is 70.1 Å². The fourth-order valence-electron chi connectivity index (χ4n) is 1.85. The van der Waals surface area contributed by atoms with Gasteiger partial charge in [-0.3, -0.25) is 10.2 Å². The third-order valence-electron chi connectivity index (χ3n) is 2.88. The monoisotopic (exact) mass is 282 g/mol. The summed E-state index contributed by atoms with van der Waals surface area (Å²) in [5.41, 5.74) is 3.74. The van der Waals surface area contributed by atoms with Crippen LogP contribution in [0.4, 0.5) is 10.2 Å². The molecule has 0 saturated heterocycles. The Kier molecular flexibility index (Phi) is 3.42. The Labute approximate surface area is 119 Å². The molecule has 2 N–H and O–H groups in total. The summed E-state index contributed by atoms with van der Waals surface area (Å²) in [6, 6.07) is 13.4. The number of aromatic amines is 1. The summed E-state index contributed by atoms with van der Waals surface area (Å²) < 4.78 is 13.4. The molecule has 1 heterocycles. The number of aromatic nitrogens is 2. The lowest BCUT2D eigenvalue weighted by Crippen LogP contribution is -2.13. The highest BCUT2D eigenvalue weighted by Gasteiger charge is 2.03. The van der Waals surface area contributed by atoms with E-state index in [1.54, 1.807) is 30.3 Å². The largest absolute Gasteiger partial charge is 0.317 e. The first-order valence-corrected chi connectivity index (χ1v) is 6.27. The first-order valence-electron chi connectivity index (χ1n) is 6.27. The van der Waals surface area contributed by atoms with Crippen molar-refractivity contribution in [3.63, 3.8) is 0 Å². The van der Waals surface area contributed by atoms with Crippen LogP contribution in [0.25, 0.3) is 11.0 Å². The van der Waals surface area contributed by atoms with Crippen LogP contribution in [0.5, 0.6) is 0 Å². The molecule has 0 bridgehead atoms. The standard InChI is InChI=1S/C15H11FN4O/c16-11-6-2-1-5-10(11)9-17-20-14-15(21)19-13-8-4-3-7-12(13)18-14/h1-9H,(H,18,20)(H,19,21)/b17-9+. The van der Waals surface area contributed by atoms with Gasteiger partial charge in [0.2, 0.25) is 5.82 Å². The van der Waals surface area contributed by atoms with Crippen molar-refractivity contribution in [2.45, 2.75) is 0 Å². The van der Waals surface area contributed by atoms with Crippen LogP contribution in [0.3, 0.4) is 0 Å². The smallest absolute Gasteiger partial charge is 0.293 e. The first kappa shape index (κ1) is 13.0. The summed E-state index contributed by atoms with van der Waals surface area (Å²) in [5.74, 6) is -0.329. The van der Waals surface area contributed by atoms with E-state index in [0.29, 0.717) is 16.6 Å². The third kappa shape index (κ3) is 2.79. The number of halogens is 1. The van der Waals surface area contributed by atoms with Gasteiger partial charge in [0.1, 0.15) is 5.82 Å². The summed E-state index contributed by atoms with van der Waals surface area (Å²) in [6.07, 6.45) is 1.30. The molecule has 0 aliphatic carbocycles. The van der Waals surface area contributed by atoms with Gasteiger partial charge in [-0.1, -0.05) is 30.3 Å². The van der Waals surface area contributed by atoms with Gasteiger partial charge in [-0.15, -0.1) is 0 Å². The van der Waals surface area contributed by atoms with Gasteiger partial charge in [-0.05, 0) is 18.2 Å². The van der Waals surface area contributed by atoms with Crippen LogP contribution in [0.15, 0.2) is 58.4 Å². The van der Waals surface area contributed by atoms with Crippen LogP contribution >= 0.6 is 0 Å². The Morgan fingerprint density at radius 3 is 2.76 bits per heavy atom. The number of para-hydroxylation sites is 2. The third-order valence-corrected chi connectivity index (χ3v) is 2.88. The van der Waals surface area contributed by atoms with Gasteiger partial charge < -0.3 is 4.98 Å². The van der Waals surface area contributed by atoms with Crippen molar-refractivity contribution >= 4 is 23.1 Å². The first-order chi connectivity index (χ1) is 10.2. The second kappa shape index (κ2) is 5.54. The van der Waals surface area contributed by atoms with Gasteiger partial charge >= 0.3 is 0 Å². The highest BCUT2D eigenvalue weighted by Crippen LogP contribution is 2.08. The van der Waals surface area contributed by atoms with Crippen molar-refractivity contribution in [1.82, 2.24) is 9.97 Å². The van der Waals surface area contributed by atoms with Crippen LogP contribution < -0.4 is 11.0 Å². The molecule has 0 saturated carbocycles. The summed E-state index contributed by atoms with van der Waals surface area (Å²) >= 11 is 0. The highest BCUT2D eigenvalue weighted by atomic mass is 19.1. The molecule has 104 valence electrons. The SMILES string of the molecule is O=c1[nH]c2ccccc2nc1N/N=C/c1ccccc1F. The fourth-order valence-corrected chi connectivity index (χ4v) is 1.85. The van der Waals surface area contributed by atoms with E-state index < -0.39 is 0 Å². The van der Waals surface area contributed by atoms with Gasteiger partial charge in [0.25, 0.3) is 5.56 Å². The van der Waals surface area contributed by atoms with E-state index in [2.05, 4.69) is 20.5 Å². The molecule has 2 aromatic carbocycles. The maximum Gasteiger partial charge on any atom is 0.293 e. The Balaban J connectivity index is 1.87. The van der Waals surface area contributed by atoms with Crippen molar-refractivity contribution in [2.24, 2.45) is 5.10 Å². The van der Waals surface area contributed by atoms with Crippen LogP contribution in [-0.2, 0) is 0 Å². The molecule has 0 aliphatic heterocycles. The molecule has 0 atom stereocenters. The number of nitrogens with one attached hydrogen (secondary N) is 2. The van der Waals surface area contributed by atoms with E-state index in [-0.39, 0.29) is 17.2 Å². The second-order valence-corrected chi connectivity index (χ2v) is 4.32. The van der Waals surface area contributed by atoms with E-state index in [0.717, 1.165) is 0 Å². The summed E-state index contributed by atoms with van der Waals surface area (Å²) in [5, 5.41) is 3.84. The second-order valence-electron chi connectivity index (χ2n) is 4.32. The quantitative estimate of drug-likeness (QED) is 0.573. The van der Waals surface area contributed by atoms with E-state index in [4.69, 9.17) is 0 Å². The molecule has 3 aromatic rings. The van der Waals surface area contributed by atoms with Gasteiger partial charge in [0.05, 0.1) is 17.2 Å². The van der Waals surface area contributed by atoms with Crippen LogP contribution in [0, 0.1) is 5.82 Å². The van der Waals surface area contributed by atoms with E-state index >= 15 is 0 Å². The van der Waals surface area contributed by atoms with Gasteiger partial charge in [0, 0.05) is 5.56 Å². The lowest BCUT2D eigenvalue weighted by atomic mass is 10.2. The number of hydrogen-bond donors (Lipinski definition) is 2. The molecular weight excluding hydrogens is 271 g/mol. The molecule has 3 rings (SSSR count). The number of rotatable bonds is 3. The number of nitrogens with zero attached hydrogens (tertiary/aromatic N) is 2. The Hall–Kier alpha value is -3.02. The van der Waals surface area contributed by atoms with Crippen molar-refractivity contribution in [3.05, 3.63) is 70.3 Å². The van der Waals surface area contributed by atoms with Gasteiger partial charge in [0.15, 0.2) is 0 Å². The number of anilines is 1. The normalized spacial score (nSPS) is 11.1. The number of hydrogen-bond acceptors (Lipinski definition) is 4. The zero-order chi connectivity index (χ0) is 14.7. The van der Waals surface area contributed by atoms with Crippen LogP contribution in [0.2, 0.25) is 0 Å². The van der Waals surface area contributed by atoms with E-state index in [1.807, 2.05) is 12.1 Å². The zero-order valence-corrected chi connectivity index (χ0v) is 10.9. The number of fused-ring (bicyclic) bond motifs is 1. The van der Waals surface area contributed by atoms with Crippen molar-refractivity contribution in [1.29, 1.82) is 0 Å². The van der Waals surface area contributed by atoms with Crippen molar-refractivity contribution in [3.8, 4) is 0 Å². The maximum absolute atomic E-state index is 13.4. The predicted molar refractivity (Wildman–Crippen MR) is 80.0 cm³/mol. The lowest BCUT2D eigenvalue weighted by Gasteiger charge is -2.01. The molecule has 21 heavy (non-hydrogen) atoms. The maximum atomic E-state index is 13.4. The molecule has 0 unspecified atom stereocenters. The Bertz CT molecular complexity index is 873. The lowest BCUT2D eigenvalue weighted by molar-refractivity contribution is 0.626. The fraction of sp³-hybridized carbons (Fsp3) is 0. The van der Waals surface area contributed by atoms with Crippen LogP contribution in [-0.4, -0.2) is 16.2 Å². The minimum absolute atomic E-state index is 0.0567. The molecular formula is C15H11FN4O. The molecule has 0 amide bonds. The number of benzene rings is 2. The van der Waals surface area contributed by atoms with Crippen molar-refractivity contribution in [2.75, 3.05) is 5.43 Å². The minimum Gasteiger partial charge on any atom is -0.317 e. The molecule has 0 aliphatic rings. The van der Waals surface area contributed by atoms with E-state index in [1.165, 1.54) is 12.3 Å². The molecule has 0 spiro atoms. The molecule has 0 radical (unpaired) electrons. The van der Waals surface area contributed by atoms with Crippen molar-refractivity contribution < 1.29 is 4.39 Å².